The van der Waals surface area contributed by atoms with E-state index >= 15 is 0 Å². The van der Waals surface area contributed by atoms with Crippen LogP contribution in [0.2, 0.25) is 5.02 Å². The van der Waals surface area contributed by atoms with Crippen LogP contribution in [0.15, 0.2) is 12.1 Å². The Morgan fingerprint density at radius 1 is 1.24 bits per heavy atom. The summed E-state index contributed by atoms with van der Waals surface area (Å²) in [6, 6.07) is 3.25. The van der Waals surface area contributed by atoms with Crippen molar-refractivity contribution in [3.05, 3.63) is 22.7 Å². The first-order valence-corrected chi connectivity index (χ1v) is 6.59. The van der Waals surface area contributed by atoms with Gasteiger partial charge in [-0.05, 0) is 19.0 Å². The molecule has 0 saturated heterocycles. The van der Waals surface area contributed by atoms with E-state index in [-0.39, 0.29) is 13.2 Å². The van der Waals surface area contributed by atoms with Gasteiger partial charge in [-0.3, -0.25) is 0 Å². The third-order valence-corrected chi connectivity index (χ3v) is 2.69. The minimum absolute atomic E-state index is 0.0361. The number of nitrogens with two attached hydrogens (primary N) is 1. The van der Waals surface area contributed by atoms with Gasteiger partial charge >= 0.3 is 6.18 Å². The normalized spacial score (nSPS) is 11.5. The molecule has 0 bridgehead atoms. The Morgan fingerprint density at radius 2 is 1.95 bits per heavy atom. The summed E-state index contributed by atoms with van der Waals surface area (Å²) in [5.74, 6) is 0.824. The van der Waals surface area contributed by atoms with Crippen molar-refractivity contribution in [1.29, 1.82) is 0 Å². The maximum Gasteiger partial charge on any atom is 0.411 e. The van der Waals surface area contributed by atoms with E-state index in [1.165, 1.54) is 7.11 Å². The molecule has 0 atom stereocenters. The van der Waals surface area contributed by atoms with Gasteiger partial charge in [0, 0.05) is 16.7 Å². The van der Waals surface area contributed by atoms with E-state index in [2.05, 4.69) is 4.74 Å². The van der Waals surface area contributed by atoms with Crippen LogP contribution in [-0.2, 0) is 11.2 Å². The summed E-state index contributed by atoms with van der Waals surface area (Å²) >= 11 is 5.94. The Kier molecular flexibility index (Phi) is 7.07. The molecular formula is C13H17ClF3NO3. The summed E-state index contributed by atoms with van der Waals surface area (Å²) in [7, 11) is 1.45. The highest BCUT2D eigenvalue weighted by atomic mass is 35.5. The molecule has 0 aliphatic heterocycles. The Labute approximate surface area is 125 Å². The van der Waals surface area contributed by atoms with Crippen LogP contribution in [0.4, 0.5) is 13.2 Å². The molecule has 8 heteroatoms. The Hall–Kier alpha value is -1.18. The molecule has 120 valence electrons. The second-order valence-corrected chi connectivity index (χ2v) is 4.59. The second kappa shape index (κ2) is 8.31. The molecule has 1 aromatic carbocycles. The summed E-state index contributed by atoms with van der Waals surface area (Å²) in [6.45, 7) is -1.15. The number of benzene rings is 1. The van der Waals surface area contributed by atoms with Gasteiger partial charge in [0.15, 0.2) is 11.5 Å². The predicted octanol–water partition coefficient (Wildman–Crippen LogP) is 2.81. The van der Waals surface area contributed by atoms with Crippen LogP contribution < -0.4 is 15.2 Å². The molecule has 2 N–H and O–H groups in total. The topological polar surface area (TPSA) is 53.7 Å². The van der Waals surface area contributed by atoms with Crippen molar-refractivity contribution < 1.29 is 27.4 Å². The van der Waals surface area contributed by atoms with Crippen LogP contribution in [0.5, 0.6) is 11.5 Å². The van der Waals surface area contributed by atoms with E-state index in [0.717, 1.165) is 5.56 Å². The molecule has 0 heterocycles. The van der Waals surface area contributed by atoms with E-state index in [9.17, 15) is 13.2 Å². The zero-order chi connectivity index (χ0) is 15.9. The van der Waals surface area contributed by atoms with Crippen molar-refractivity contribution in [3.8, 4) is 11.5 Å². The maximum absolute atomic E-state index is 11.9. The van der Waals surface area contributed by atoms with E-state index in [4.69, 9.17) is 26.8 Å². The van der Waals surface area contributed by atoms with Crippen molar-refractivity contribution >= 4 is 11.6 Å². The van der Waals surface area contributed by atoms with Crippen molar-refractivity contribution in [3.63, 3.8) is 0 Å². The van der Waals surface area contributed by atoms with Crippen molar-refractivity contribution in [2.45, 2.75) is 12.6 Å². The van der Waals surface area contributed by atoms with Crippen molar-refractivity contribution in [2.75, 3.05) is 33.5 Å². The van der Waals surface area contributed by atoms with Crippen LogP contribution in [0, 0.1) is 0 Å². The lowest BCUT2D eigenvalue weighted by molar-refractivity contribution is -0.175. The van der Waals surface area contributed by atoms with Crippen LogP contribution in [0.3, 0.4) is 0 Å². The highest BCUT2D eigenvalue weighted by molar-refractivity contribution is 6.30. The fraction of sp³-hybridized carbons (Fsp3) is 0.538. The van der Waals surface area contributed by atoms with Gasteiger partial charge in [0.25, 0.3) is 0 Å². The first-order chi connectivity index (χ1) is 9.87. The first-order valence-electron chi connectivity index (χ1n) is 6.21. The number of methoxy groups -OCH3 is 1. The highest BCUT2D eigenvalue weighted by Gasteiger charge is 2.27. The monoisotopic (exact) mass is 327 g/mol. The molecular weight excluding hydrogens is 311 g/mol. The lowest BCUT2D eigenvalue weighted by Gasteiger charge is -2.16. The number of halogens is 4. The zero-order valence-electron chi connectivity index (χ0n) is 11.5. The van der Waals surface area contributed by atoms with Gasteiger partial charge in [-0.2, -0.15) is 13.2 Å². The third kappa shape index (κ3) is 6.41. The molecule has 0 unspecified atom stereocenters. The molecule has 0 saturated carbocycles. The van der Waals surface area contributed by atoms with Gasteiger partial charge in [0.1, 0.15) is 13.2 Å². The second-order valence-electron chi connectivity index (χ2n) is 4.15. The Balaban J connectivity index is 2.64. The molecule has 0 fully saturated rings. The molecule has 21 heavy (non-hydrogen) atoms. The third-order valence-electron chi connectivity index (χ3n) is 2.47. The quantitative estimate of drug-likeness (QED) is 0.746. The predicted molar refractivity (Wildman–Crippen MR) is 73.1 cm³/mol. The minimum atomic E-state index is -4.34. The van der Waals surface area contributed by atoms with Gasteiger partial charge in [0.2, 0.25) is 0 Å². The van der Waals surface area contributed by atoms with Crippen molar-refractivity contribution in [2.24, 2.45) is 5.73 Å². The molecule has 0 amide bonds. The standard InChI is InChI=1S/C13H17ClF3NO3/c1-19-11-7-10(14)6-9(2-3-18)12(11)21-5-4-20-8-13(15,16)17/h6-7H,2-5,8,18H2,1H3. The first kappa shape index (κ1) is 17.9. The van der Waals surface area contributed by atoms with Crippen LogP contribution in [0.1, 0.15) is 5.56 Å². The summed E-state index contributed by atoms with van der Waals surface area (Å²) in [5, 5.41) is 0.468. The summed E-state index contributed by atoms with van der Waals surface area (Å²) in [5.41, 5.74) is 6.24. The Morgan fingerprint density at radius 3 is 2.52 bits per heavy atom. The minimum Gasteiger partial charge on any atom is -0.493 e. The van der Waals surface area contributed by atoms with Gasteiger partial charge in [0.05, 0.1) is 13.7 Å². The number of alkyl halides is 3. The molecule has 0 radical (unpaired) electrons. The largest absolute Gasteiger partial charge is 0.493 e. The van der Waals surface area contributed by atoms with Gasteiger partial charge < -0.3 is 19.9 Å². The summed E-state index contributed by atoms with van der Waals surface area (Å²) in [4.78, 5) is 0. The molecule has 0 aliphatic rings. The lowest BCUT2D eigenvalue weighted by atomic mass is 10.1. The average molecular weight is 328 g/mol. The molecule has 0 spiro atoms. The number of hydrogen-bond acceptors (Lipinski definition) is 4. The highest BCUT2D eigenvalue weighted by Crippen LogP contribution is 2.35. The fourth-order valence-electron chi connectivity index (χ4n) is 1.67. The average Bonchev–Trinajstić information content (AvgIpc) is 2.39. The SMILES string of the molecule is COc1cc(Cl)cc(CCN)c1OCCOCC(F)(F)F. The Bertz CT molecular complexity index is 455. The molecule has 1 rings (SSSR count). The maximum atomic E-state index is 11.9. The van der Waals surface area contributed by atoms with Gasteiger partial charge in [-0.15, -0.1) is 0 Å². The number of rotatable bonds is 8. The fourth-order valence-corrected chi connectivity index (χ4v) is 1.90. The lowest BCUT2D eigenvalue weighted by Crippen LogP contribution is -2.19. The van der Waals surface area contributed by atoms with E-state index < -0.39 is 12.8 Å². The van der Waals surface area contributed by atoms with E-state index in [0.29, 0.717) is 29.5 Å². The summed E-state index contributed by atoms with van der Waals surface area (Å²) < 4.78 is 50.8. The molecule has 0 aliphatic carbocycles. The number of ether oxygens (including phenoxy) is 3. The van der Waals surface area contributed by atoms with Gasteiger partial charge in [-0.25, -0.2) is 0 Å². The van der Waals surface area contributed by atoms with E-state index in [1.807, 2.05) is 0 Å². The molecule has 4 nitrogen and oxygen atoms in total. The smallest absolute Gasteiger partial charge is 0.411 e. The molecule has 0 aromatic heterocycles. The summed E-state index contributed by atoms with van der Waals surface area (Å²) in [6.07, 6.45) is -3.83. The number of hydrogen-bond donors (Lipinski definition) is 1. The van der Waals surface area contributed by atoms with Gasteiger partial charge in [-0.1, -0.05) is 11.6 Å². The van der Waals surface area contributed by atoms with Crippen LogP contribution >= 0.6 is 11.6 Å². The molecule has 1 aromatic rings. The van der Waals surface area contributed by atoms with Crippen LogP contribution in [-0.4, -0.2) is 39.7 Å². The van der Waals surface area contributed by atoms with Crippen molar-refractivity contribution in [1.82, 2.24) is 0 Å². The zero-order valence-corrected chi connectivity index (χ0v) is 12.3. The van der Waals surface area contributed by atoms with Crippen LogP contribution in [0.25, 0.3) is 0 Å². The van der Waals surface area contributed by atoms with E-state index in [1.54, 1.807) is 12.1 Å².